The molecule has 0 aliphatic carbocycles. The molecule has 0 radical (unpaired) electrons. The summed E-state index contributed by atoms with van der Waals surface area (Å²) in [6.45, 7) is 0.529. The Balaban J connectivity index is 1.87. The minimum absolute atomic E-state index is 0.276. The Hall–Kier alpha value is -1.52. The Morgan fingerprint density at radius 1 is 1.25 bits per heavy atom. The number of para-hydroxylation sites is 1. The highest BCUT2D eigenvalue weighted by Crippen LogP contribution is 2.27. The summed E-state index contributed by atoms with van der Waals surface area (Å²) < 4.78 is 14.4. The van der Waals surface area contributed by atoms with E-state index in [1.165, 1.54) is 6.07 Å². The highest BCUT2D eigenvalue weighted by molar-refractivity contribution is 9.10. The Labute approximate surface area is 129 Å². The molecular formula is C15H11BrClFN2. The Morgan fingerprint density at radius 3 is 2.90 bits per heavy atom. The molecule has 0 saturated carbocycles. The lowest BCUT2D eigenvalue weighted by atomic mass is 10.1. The molecule has 0 saturated heterocycles. The van der Waals surface area contributed by atoms with Crippen molar-refractivity contribution in [2.45, 2.75) is 6.54 Å². The zero-order chi connectivity index (χ0) is 14.1. The molecule has 0 bridgehead atoms. The fraction of sp³-hybridized carbons (Fsp3) is 0.0667. The molecule has 0 atom stereocenters. The number of H-pyrrole nitrogens is 1. The second kappa shape index (κ2) is 5.46. The number of rotatable bonds is 3. The van der Waals surface area contributed by atoms with E-state index in [0.29, 0.717) is 21.7 Å². The van der Waals surface area contributed by atoms with Crippen LogP contribution in [0, 0.1) is 5.82 Å². The van der Waals surface area contributed by atoms with E-state index in [1.54, 1.807) is 12.1 Å². The van der Waals surface area contributed by atoms with Gasteiger partial charge in [-0.2, -0.15) is 0 Å². The molecule has 102 valence electrons. The Kier molecular flexibility index (Phi) is 3.68. The molecule has 1 aromatic heterocycles. The summed E-state index contributed by atoms with van der Waals surface area (Å²) in [6, 6.07) is 10.6. The van der Waals surface area contributed by atoms with E-state index < -0.39 is 0 Å². The predicted octanol–water partition coefficient (Wildman–Crippen LogP) is 5.34. The molecule has 1 heterocycles. The van der Waals surface area contributed by atoms with Crippen molar-refractivity contribution < 1.29 is 4.39 Å². The van der Waals surface area contributed by atoms with Gasteiger partial charge in [-0.1, -0.05) is 23.7 Å². The third-order valence-corrected chi connectivity index (χ3v) is 4.04. The number of anilines is 1. The third kappa shape index (κ3) is 2.53. The standard InChI is InChI=1S/C15H11BrClFN2/c16-12-2-1-3-13(18)15(12)20-8-9-7-19-14-6-10(17)4-5-11(9)14/h1-7,19-20H,8H2. The van der Waals surface area contributed by atoms with Gasteiger partial charge < -0.3 is 10.3 Å². The molecule has 3 aromatic rings. The number of fused-ring (bicyclic) bond motifs is 1. The van der Waals surface area contributed by atoms with Crippen molar-refractivity contribution >= 4 is 44.1 Å². The number of hydrogen-bond acceptors (Lipinski definition) is 1. The van der Waals surface area contributed by atoms with Crippen LogP contribution in [0.15, 0.2) is 47.1 Å². The minimum Gasteiger partial charge on any atom is -0.378 e. The predicted molar refractivity (Wildman–Crippen MR) is 84.7 cm³/mol. The Morgan fingerprint density at radius 2 is 2.10 bits per heavy atom. The van der Waals surface area contributed by atoms with E-state index in [0.717, 1.165) is 16.5 Å². The number of halogens is 3. The summed E-state index contributed by atoms with van der Waals surface area (Å²) in [6.07, 6.45) is 1.91. The molecule has 0 spiro atoms. The molecular weight excluding hydrogens is 343 g/mol. The normalized spacial score (nSPS) is 10.9. The first-order valence-electron chi connectivity index (χ1n) is 6.08. The molecule has 2 N–H and O–H groups in total. The molecule has 0 fully saturated rings. The van der Waals surface area contributed by atoms with Crippen LogP contribution in [0.2, 0.25) is 5.02 Å². The van der Waals surface area contributed by atoms with E-state index in [2.05, 4.69) is 26.2 Å². The van der Waals surface area contributed by atoms with Gasteiger partial charge in [0.15, 0.2) is 0 Å². The van der Waals surface area contributed by atoms with Crippen molar-refractivity contribution in [2.24, 2.45) is 0 Å². The second-order valence-electron chi connectivity index (χ2n) is 4.45. The molecule has 0 aliphatic heterocycles. The minimum atomic E-state index is -0.276. The van der Waals surface area contributed by atoms with Crippen LogP contribution in [0.5, 0.6) is 0 Å². The number of benzene rings is 2. The lowest BCUT2D eigenvalue weighted by molar-refractivity contribution is 0.629. The smallest absolute Gasteiger partial charge is 0.147 e. The second-order valence-corrected chi connectivity index (χ2v) is 5.74. The number of nitrogens with one attached hydrogen (secondary N) is 2. The first-order valence-corrected chi connectivity index (χ1v) is 7.25. The summed E-state index contributed by atoms with van der Waals surface area (Å²) in [5.74, 6) is -0.276. The number of hydrogen-bond donors (Lipinski definition) is 2. The van der Waals surface area contributed by atoms with Crippen molar-refractivity contribution in [3.05, 3.63) is 63.5 Å². The van der Waals surface area contributed by atoms with Crippen molar-refractivity contribution in [3.63, 3.8) is 0 Å². The topological polar surface area (TPSA) is 27.8 Å². The average molecular weight is 354 g/mol. The zero-order valence-electron chi connectivity index (χ0n) is 10.4. The monoisotopic (exact) mass is 352 g/mol. The van der Waals surface area contributed by atoms with Crippen LogP contribution in [0.25, 0.3) is 10.9 Å². The highest BCUT2D eigenvalue weighted by atomic mass is 79.9. The molecule has 5 heteroatoms. The SMILES string of the molecule is Fc1cccc(Br)c1NCc1c[nH]c2cc(Cl)ccc12. The Bertz CT molecular complexity index is 749. The van der Waals surface area contributed by atoms with Gasteiger partial charge in [-0.15, -0.1) is 0 Å². The largest absolute Gasteiger partial charge is 0.378 e. The fourth-order valence-corrected chi connectivity index (χ4v) is 2.81. The van der Waals surface area contributed by atoms with Crippen molar-refractivity contribution in [2.75, 3.05) is 5.32 Å². The van der Waals surface area contributed by atoms with Gasteiger partial charge in [0.1, 0.15) is 5.82 Å². The van der Waals surface area contributed by atoms with Crippen LogP contribution >= 0.6 is 27.5 Å². The molecule has 2 aromatic carbocycles. The van der Waals surface area contributed by atoms with Crippen molar-refractivity contribution in [3.8, 4) is 0 Å². The first-order chi connectivity index (χ1) is 9.65. The maximum absolute atomic E-state index is 13.7. The summed E-state index contributed by atoms with van der Waals surface area (Å²) in [5, 5.41) is 4.88. The quantitative estimate of drug-likeness (QED) is 0.654. The number of aromatic amines is 1. The van der Waals surface area contributed by atoms with Crippen LogP contribution < -0.4 is 5.32 Å². The van der Waals surface area contributed by atoms with Crippen LogP contribution in [0.4, 0.5) is 10.1 Å². The van der Waals surface area contributed by atoms with Crippen LogP contribution in [0.3, 0.4) is 0 Å². The summed E-state index contributed by atoms with van der Waals surface area (Å²) in [5.41, 5.74) is 2.50. The van der Waals surface area contributed by atoms with Crippen molar-refractivity contribution in [1.29, 1.82) is 0 Å². The van der Waals surface area contributed by atoms with Crippen LogP contribution in [0.1, 0.15) is 5.56 Å². The van der Waals surface area contributed by atoms with Gasteiger partial charge >= 0.3 is 0 Å². The fourth-order valence-electron chi connectivity index (χ4n) is 2.16. The summed E-state index contributed by atoms with van der Waals surface area (Å²) in [7, 11) is 0. The van der Waals surface area contributed by atoms with Crippen LogP contribution in [-0.4, -0.2) is 4.98 Å². The van der Waals surface area contributed by atoms with Gasteiger partial charge in [-0.3, -0.25) is 0 Å². The van der Waals surface area contributed by atoms with Gasteiger partial charge in [0.25, 0.3) is 0 Å². The van der Waals surface area contributed by atoms with Gasteiger partial charge in [0.05, 0.1) is 5.69 Å². The molecule has 0 aliphatic rings. The third-order valence-electron chi connectivity index (χ3n) is 3.15. The van der Waals surface area contributed by atoms with Gasteiger partial charge in [-0.05, 0) is 45.8 Å². The lowest BCUT2D eigenvalue weighted by Gasteiger charge is -2.09. The average Bonchev–Trinajstić information content (AvgIpc) is 2.80. The van der Waals surface area contributed by atoms with Gasteiger partial charge in [-0.25, -0.2) is 4.39 Å². The van der Waals surface area contributed by atoms with E-state index >= 15 is 0 Å². The van der Waals surface area contributed by atoms with E-state index in [9.17, 15) is 4.39 Å². The molecule has 3 rings (SSSR count). The lowest BCUT2D eigenvalue weighted by Crippen LogP contribution is -2.01. The molecule has 2 nitrogen and oxygen atoms in total. The zero-order valence-corrected chi connectivity index (χ0v) is 12.7. The van der Waals surface area contributed by atoms with E-state index in [-0.39, 0.29) is 5.82 Å². The van der Waals surface area contributed by atoms with E-state index in [4.69, 9.17) is 11.6 Å². The molecule has 20 heavy (non-hydrogen) atoms. The van der Waals surface area contributed by atoms with Crippen molar-refractivity contribution in [1.82, 2.24) is 4.98 Å². The molecule has 0 amide bonds. The molecule has 0 unspecified atom stereocenters. The summed E-state index contributed by atoms with van der Waals surface area (Å²) in [4.78, 5) is 3.16. The maximum Gasteiger partial charge on any atom is 0.147 e. The maximum atomic E-state index is 13.7. The van der Waals surface area contributed by atoms with E-state index in [1.807, 2.05) is 24.4 Å². The summed E-state index contributed by atoms with van der Waals surface area (Å²) >= 11 is 9.29. The van der Waals surface area contributed by atoms with Gasteiger partial charge in [0.2, 0.25) is 0 Å². The first kappa shape index (κ1) is 13.5. The van der Waals surface area contributed by atoms with Crippen LogP contribution in [-0.2, 0) is 6.54 Å². The highest BCUT2D eigenvalue weighted by Gasteiger charge is 2.08. The number of aromatic nitrogens is 1. The van der Waals surface area contributed by atoms with Gasteiger partial charge in [0, 0.05) is 33.1 Å².